The van der Waals surface area contributed by atoms with Crippen molar-refractivity contribution in [1.82, 2.24) is 20.1 Å². The van der Waals surface area contributed by atoms with E-state index in [2.05, 4.69) is 21.2 Å². The maximum Gasteiger partial charge on any atom is 0.471 e. The number of carbonyl (C=O) groups is 1. The summed E-state index contributed by atoms with van der Waals surface area (Å²) in [5.74, 6) is -1.58. The zero-order valence-electron chi connectivity index (χ0n) is 14.2. The summed E-state index contributed by atoms with van der Waals surface area (Å²) in [7, 11) is 2.97. The summed E-state index contributed by atoms with van der Waals surface area (Å²) in [4.78, 5) is 22.0. The molecule has 0 spiro atoms. The normalized spacial score (nSPS) is 11.3. The minimum absolute atomic E-state index is 0.150. The van der Waals surface area contributed by atoms with Gasteiger partial charge in [0.1, 0.15) is 0 Å². The lowest BCUT2D eigenvalue weighted by molar-refractivity contribution is -0.159. The molecule has 2 aromatic rings. The third-order valence-electron chi connectivity index (χ3n) is 3.37. The minimum Gasteiger partial charge on any atom is -0.329 e. The molecule has 0 atom stereocenters. The van der Waals surface area contributed by atoms with Gasteiger partial charge in [-0.1, -0.05) is 35.5 Å². The predicted molar refractivity (Wildman–Crippen MR) is 85.5 cm³/mol. The van der Waals surface area contributed by atoms with Crippen molar-refractivity contribution >= 4 is 6.03 Å². The van der Waals surface area contributed by atoms with E-state index < -0.39 is 12.1 Å². The molecule has 0 N–H and O–H groups in total. The van der Waals surface area contributed by atoms with Crippen LogP contribution in [0.25, 0.3) is 11.4 Å². The van der Waals surface area contributed by atoms with Crippen LogP contribution in [-0.2, 0) is 17.6 Å². The molecule has 0 saturated carbocycles. The maximum atomic E-state index is 12.5. The van der Waals surface area contributed by atoms with Crippen LogP contribution in [0.1, 0.15) is 11.5 Å². The topological polar surface area (TPSA) is 71.7 Å². The number of hydroxylamine groups is 2. The highest BCUT2D eigenvalue weighted by molar-refractivity contribution is 5.73. The second-order valence-electron chi connectivity index (χ2n) is 5.29. The monoisotopic (exact) mass is 370 g/mol. The zero-order chi connectivity index (χ0) is 19.3. The molecule has 1 heterocycles. The van der Waals surface area contributed by atoms with Crippen molar-refractivity contribution in [1.29, 1.82) is 0 Å². The molecule has 0 fully saturated rings. The summed E-state index contributed by atoms with van der Waals surface area (Å²) in [6.07, 6.45) is -3.11. The molecule has 0 aliphatic heterocycles. The fraction of sp³-hybridized carbons (Fsp3) is 0.312. The predicted octanol–water partition coefficient (Wildman–Crippen LogP) is 3.36. The van der Waals surface area contributed by atoms with E-state index in [1.807, 2.05) is 0 Å². The summed E-state index contributed by atoms with van der Waals surface area (Å²) in [5, 5.41) is 4.47. The third kappa shape index (κ3) is 4.60. The van der Waals surface area contributed by atoms with Crippen molar-refractivity contribution < 1.29 is 27.3 Å². The molecule has 1 aromatic carbocycles. The van der Waals surface area contributed by atoms with E-state index in [9.17, 15) is 18.0 Å². The number of rotatable bonds is 6. The summed E-state index contributed by atoms with van der Waals surface area (Å²) in [6, 6.07) is 5.97. The highest BCUT2D eigenvalue weighted by Gasteiger charge is 2.38. The van der Waals surface area contributed by atoms with E-state index in [-0.39, 0.29) is 18.4 Å². The number of alkyl halides is 3. The van der Waals surface area contributed by atoms with Crippen molar-refractivity contribution in [3.63, 3.8) is 0 Å². The van der Waals surface area contributed by atoms with Crippen LogP contribution in [-0.4, -0.2) is 46.8 Å². The molecule has 2 amide bonds. The van der Waals surface area contributed by atoms with Gasteiger partial charge in [-0.05, 0) is 5.56 Å². The number of urea groups is 1. The highest BCUT2D eigenvalue weighted by Crippen LogP contribution is 2.29. The fourth-order valence-corrected chi connectivity index (χ4v) is 2.05. The first-order valence-corrected chi connectivity index (χ1v) is 7.44. The number of carbonyl (C=O) groups excluding carboxylic acids is 1. The van der Waals surface area contributed by atoms with Crippen LogP contribution in [0.5, 0.6) is 0 Å². The van der Waals surface area contributed by atoms with Gasteiger partial charge in [-0.15, -0.1) is 6.58 Å². The molecule has 7 nitrogen and oxygen atoms in total. The maximum absolute atomic E-state index is 12.5. The molecule has 26 heavy (non-hydrogen) atoms. The Morgan fingerprint density at radius 1 is 1.35 bits per heavy atom. The molecule has 1 aromatic heterocycles. The largest absolute Gasteiger partial charge is 0.471 e. The average Bonchev–Trinajstić information content (AvgIpc) is 3.10. The molecule has 2 rings (SSSR count). The van der Waals surface area contributed by atoms with Gasteiger partial charge in [-0.25, -0.2) is 4.79 Å². The minimum atomic E-state index is -4.69. The van der Waals surface area contributed by atoms with Gasteiger partial charge in [-0.3, -0.25) is 4.84 Å². The lowest BCUT2D eigenvalue weighted by atomic mass is 10.1. The summed E-state index contributed by atoms with van der Waals surface area (Å²) < 4.78 is 41.7. The molecule has 0 bridgehead atoms. The van der Waals surface area contributed by atoms with Gasteiger partial charge in [0.15, 0.2) is 0 Å². The smallest absolute Gasteiger partial charge is 0.329 e. The van der Waals surface area contributed by atoms with E-state index >= 15 is 0 Å². The van der Waals surface area contributed by atoms with Crippen molar-refractivity contribution in [2.24, 2.45) is 0 Å². The molecule has 10 heteroatoms. The van der Waals surface area contributed by atoms with Crippen molar-refractivity contribution in [2.75, 3.05) is 20.7 Å². The molecule has 0 aliphatic carbocycles. The van der Waals surface area contributed by atoms with Crippen molar-refractivity contribution in [3.05, 3.63) is 48.4 Å². The summed E-state index contributed by atoms with van der Waals surface area (Å²) >= 11 is 0. The van der Waals surface area contributed by atoms with Crippen molar-refractivity contribution in [2.45, 2.75) is 12.7 Å². The molecule has 0 saturated heterocycles. The van der Waals surface area contributed by atoms with Crippen LogP contribution in [0, 0.1) is 0 Å². The summed E-state index contributed by atoms with van der Waals surface area (Å²) in [6.45, 7) is 4.07. The van der Waals surface area contributed by atoms with E-state index in [1.54, 1.807) is 25.3 Å². The van der Waals surface area contributed by atoms with Crippen LogP contribution in [0.4, 0.5) is 18.0 Å². The molecular weight excluding hydrogens is 353 g/mol. The van der Waals surface area contributed by atoms with Gasteiger partial charge in [0.05, 0.1) is 13.7 Å². The average molecular weight is 370 g/mol. The van der Waals surface area contributed by atoms with Gasteiger partial charge in [0.2, 0.25) is 5.82 Å². The Balaban J connectivity index is 2.10. The lowest BCUT2D eigenvalue weighted by Crippen LogP contribution is -2.40. The Morgan fingerprint density at radius 2 is 2.00 bits per heavy atom. The van der Waals surface area contributed by atoms with Crippen LogP contribution < -0.4 is 0 Å². The van der Waals surface area contributed by atoms with Gasteiger partial charge in [-0.2, -0.15) is 23.2 Å². The SMILES string of the molecule is C=CCN(C)C(=O)N(Cc1ccc(-c2noc(C(F)(F)F)n2)cc1)OC. The number of aromatic nitrogens is 2. The molecule has 140 valence electrons. The van der Waals surface area contributed by atoms with E-state index in [1.165, 1.54) is 24.1 Å². The Hall–Kier alpha value is -2.88. The van der Waals surface area contributed by atoms with Crippen LogP contribution in [0.2, 0.25) is 0 Å². The second kappa shape index (κ2) is 8.00. The number of likely N-dealkylation sites (N-methyl/N-ethyl adjacent to an activating group) is 1. The molecular formula is C16H17F3N4O3. The van der Waals surface area contributed by atoms with Crippen LogP contribution in [0.15, 0.2) is 41.4 Å². The molecule has 0 unspecified atom stereocenters. The number of benzene rings is 1. The standard InChI is InChI=1S/C16H17F3N4O3/c1-4-9-22(2)15(24)23(25-3)10-11-5-7-12(8-6-11)13-20-14(26-21-13)16(17,18)19/h4-8H,1,9-10H2,2-3H3. The fourth-order valence-electron chi connectivity index (χ4n) is 2.05. The Bertz CT molecular complexity index is 759. The van der Waals surface area contributed by atoms with Gasteiger partial charge >= 0.3 is 18.1 Å². The Kier molecular flexibility index (Phi) is 5.98. The highest BCUT2D eigenvalue weighted by atomic mass is 19.4. The quantitative estimate of drug-likeness (QED) is 0.576. The van der Waals surface area contributed by atoms with Gasteiger partial charge in [0.25, 0.3) is 0 Å². The first kappa shape index (κ1) is 19.4. The number of nitrogens with zero attached hydrogens (tertiary/aromatic N) is 4. The molecule has 0 aliphatic rings. The molecule has 0 radical (unpaired) electrons. The zero-order valence-corrected chi connectivity index (χ0v) is 14.2. The van der Waals surface area contributed by atoms with Crippen LogP contribution in [0.3, 0.4) is 0 Å². The number of amides is 2. The third-order valence-corrected chi connectivity index (χ3v) is 3.37. The summed E-state index contributed by atoms with van der Waals surface area (Å²) in [5.41, 5.74) is 1.06. The number of halogens is 3. The Labute approximate surface area is 147 Å². The van der Waals surface area contributed by atoms with E-state index in [0.29, 0.717) is 17.7 Å². The van der Waals surface area contributed by atoms with E-state index in [4.69, 9.17) is 4.84 Å². The van der Waals surface area contributed by atoms with Gasteiger partial charge < -0.3 is 9.42 Å². The first-order valence-electron chi connectivity index (χ1n) is 7.44. The lowest BCUT2D eigenvalue weighted by Gasteiger charge is -2.25. The first-order chi connectivity index (χ1) is 12.3. The van der Waals surface area contributed by atoms with Crippen LogP contribution >= 0.6 is 0 Å². The second-order valence-corrected chi connectivity index (χ2v) is 5.29. The number of hydrogen-bond acceptors (Lipinski definition) is 5. The Morgan fingerprint density at radius 3 is 2.50 bits per heavy atom. The van der Waals surface area contributed by atoms with E-state index in [0.717, 1.165) is 5.06 Å². The van der Waals surface area contributed by atoms with Gasteiger partial charge in [0, 0.05) is 19.2 Å². The van der Waals surface area contributed by atoms with Crippen molar-refractivity contribution in [3.8, 4) is 11.4 Å². The number of hydrogen-bond donors (Lipinski definition) is 0.